The molecule has 0 aromatic heterocycles. The summed E-state index contributed by atoms with van der Waals surface area (Å²) >= 11 is 0. The Morgan fingerprint density at radius 2 is 1.81 bits per heavy atom. The number of nitrogens with one attached hydrogen (secondary N) is 1. The summed E-state index contributed by atoms with van der Waals surface area (Å²) in [4.78, 5) is 11.6. The molecule has 4 heteroatoms. The van der Waals surface area contributed by atoms with E-state index in [2.05, 4.69) is 5.32 Å². The molecule has 1 atom stereocenters. The second kappa shape index (κ2) is 5.71. The molecule has 2 aromatic rings. The fraction of sp³-hybridized carbons (Fsp3) is 0.118. The van der Waals surface area contributed by atoms with Crippen LogP contribution >= 0.6 is 0 Å². The van der Waals surface area contributed by atoms with Crippen LogP contribution in [-0.4, -0.2) is 13.2 Å². The molecule has 21 heavy (non-hydrogen) atoms. The molecule has 0 spiro atoms. The summed E-state index contributed by atoms with van der Waals surface area (Å²) in [5.41, 5.74) is 1.94. The molecule has 1 unspecified atom stereocenters. The highest BCUT2D eigenvalue weighted by Gasteiger charge is 2.29. The van der Waals surface area contributed by atoms with Crippen LogP contribution in [0.3, 0.4) is 0 Å². The molecule has 2 aromatic carbocycles. The average molecular weight is 281 g/mol. The first-order valence-corrected chi connectivity index (χ1v) is 6.65. The van der Waals surface area contributed by atoms with Gasteiger partial charge in [-0.05, 0) is 29.3 Å². The molecular formula is C17H15NO3. The van der Waals surface area contributed by atoms with E-state index in [1.165, 1.54) is 0 Å². The number of ether oxygens (including phenoxy) is 2. The summed E-state index contributed by atoms with van der Waals surface area (Å²) in [5.74, 6) is 1.37. The van der Waals surface area contributed by atoms with E-state index >= 15 is 0 Å². The van der Waals surface area contributed by atoms with Crippen molar-refractivity contribution < 1.29 is 14.3 Å². The molecule has 0 aliphatic carbocycles. The van der Waals surface area contributed by atoms with Crippen LogP contribution in [0.15, 0.2) is 60.4 Å². The van der Waals surface area contributed by atoms with Crippen LogP contribution in [0.25, 0.3) is 6.08 Å². The van der Waals surface area contributed by atoms with Gasteiger partial charge >= 0.3 is 6.09 Å². The number of hydrogen-bond acceptors (Lipinski definition) is 3. The van der Waals surface area contributed by atoms with Crippen LogP contribution in [0.1, 0.15) is 17.2 Å². The molecule has 1 fully saturated rings. The quantitative estimate of drug-likeness (QED) is 0.936. The summed E-state index contributed by atoms with van der Waals surface area (Å²) in [5, 5.41) is 2.81. The first-order valence-electron chi connectivity index (χ1n) is 6.65. The highest BCUT2D eigenvalue weighted by Crippen LogP contribution is 2.30. The Morgan fingerprint density at radius 1 is 1.10 bits per heavy atom. The number of alkyl carbamates (subject to hydrolysis) is 1. The summed E-state index contributed by atoms with van der Waals surface area (Å²) < 4.78 is 10.4. The predicted octanol–water partition coefficient (Wildman–Crippen LogP) is 3.52. The van der Waals surface area contributed by atoms with Gasteiger partial charge in [-0.25, -0.2) is 4.79 Å². The highest BCUT2D eigenvalue weighted by molar-refractivity contribution is 5.75. The standard InChI is InChI=1S/C17H15NO3/c1-20-14-9-7-13(8-10-14)16-15(21-17(19)18-16)11-12-5-3-2-4-6-12/h2-11,16H,1H3,(H,18,19)/b15-11+. The van der Waals surface area contributed by atoms with E-state index in [1.54, 1.807) is 7.11 Å². The summed E-state index contributed by atoms with van der Waals surface area (Å²) in [7, 11) is 1.62. The largest absolute Gasteiger partial charge is 0.497 e. The minimum atomic E-state index is -0.432. The van der Waals surface area contributed by atoms with Gasteiger partial charge in [-0.1, -0.05) is 42.5 Å². The van der Waals surface area contributed by atoms with Gasteiger partial charge in [-0.15, -0.1) is 0 Å². The number of cyclic esters (lactones) is 1. The Labute approximate surface area is 123 Å². The lowest BCUT2D eigenvalue weighted by Gasteiger charge is -2.10. The van der Waals surface area contributed by atoms with E-state index in [-0.39, 0.29) is 6.04 Å². The van der Waals surface area contributed by atoms with Gasteiger partial charge in [0.05, 0.1) is 7.11 Å². The van der Waals surface area contributed by atoms with Gasteiger partial charge in [0.2, 0.25) is 0 Å². The van der Waals surface area contributed by atoms with Gasteiger partial charge in [0.1, 0.15) is 17.6 Å². The first kappa shape index (κ1) is 13.2. The Hall–Kier alpha value is -2.75. The molecule has 0 bridgehead atoms. The van der Waals surface area contributed by atoms with Crippen LogP contribution in [0.5, 0.6) is 5.75 Å². The van der Waals surface area contributed by atoms with Gasteiger partial charge < -0.3 is 14.8 Å². The number of rotatable bonds is 3. The SMILES string of the molecule is COc1ccc(C2NC(=O)O/C2=C/c2ccccc2)cc1. The molecule has 106 valence electrons. The molecule has 1 saturated heterocycles. The van der Waals surface area contributed by atoms with Gasteiger partial charge in [0.15, 0.2) is 0 Å². The van der Waals surface area contributed by atoms with Crippen molar-refractivity contribution in [2.24, 2.45) is 0 Å². The van der Waals surface area contributed by atoms with Gasteiger partial charge in [0, 0.05) is 0 Å². The maximum absolute atomic E-state index is 11.6. The number of carbonyl (C=O) groups excluding carboxylic acids is 1. The Morgan fingerprint density at radius 3 is 2.48 bits per heavy atom. The third-order valence-corrected chi connectivity index (χ3v) is 3.31. The van der Waals surface area contributed by atoms with E-state index in [0.717, 1.165) is 16.9 Å². The van der Waals surface area contributed by atoms with Crippen LogP contribution in [0.4, 0.5) is 4.79 Å². The zero-order valence-electron chi connectivity index (χ0n) is 11.6. The van der Waals surface area contributed by atoms with Crippen molar-refractivity contribution >= 4 is 12.2 Å². The Bertz CT molecular complexity index is 662. The topological polar surface area (TPSA) is 47.6 Å². The fourth-order valence-electron chi connectivity index (χ4n) is 2.25. The highest BCUT2D eigenvalue weighted by atomic mass is 16.6. The molecule has 1 amide bonds. The second-order valence-electron chi connectivity index (χ2n) is 4.70. The zero-order valence-corrected chi connectivity index (χ0v) is 11.6. The molecule has 1 aliphatic rings. The maximum Gasteiger partial charge on any atom is 0.413 e. The van der Waals surface area contributed by atoms with Crippen molar-refractivity contribution in [2.45, 2.75) is 6.04 Å². The smallest absolute Gasteiger partial charge is 0.413 e. The lowest BCUT2D eigenvalue weighted by atomic mass is 10.0. The van der Waals surface area contributed by atoms with E-state index in [9.17, 15) is 4.79 Å². The van der Waals surface area contributed by atoms with E-state index in [0.29, 0.717) is 5.76 Å². The van der Waals surface area contributed by atoms with Crippen LogP contribution in [0.2, 0.25) is 0 Å². The third-order valence-electron chi connectivity index (χ3n) is 3.31. The normalized spacial score (nSPS) is 19.2. The fourth-order valence-corrected chi connectivity index (χ4v) is 2.25. The van der Waals surface area contributed by atoms with E-state index in [1.807, 2.05) is 60.7 Å². The molecule has 4 nitrogen and oxygen atoms in total. The summed E-state index contributed by atoms with van der Waals surface area (Å²) in [6.45, 7) is 0. The lowest BCUT2D eigenvalue weighted by Crippen LogP contribution is -2.17. The van der Waals surface area contributed by atoms with Crippen molar-refractivity contribution in [3.63, 3.8) is 0 Å². The van der Waals surface area contributed by atoms with Crippen molar-refractivity contribution in [3.05, 3.63) is 71.5 Å². The van der Waals surface area contributed by atoms with Gasteiger partial charge in [-0.3, -0.25) is 0 Å². The predicted molar refractivity (Wildman–Crippen MR) is 79.8 cm³/mol. The molecule has 0 radical (unpaired) electrons. The number of benzene rings is 2. The Kier molecular flexibility index (Phi) is 3.60. The summed E-state index contributed by atoms with van der Waals surface area (Å²) in [6.07, 6.45) is 1.44. The molecule has 1 N–H and O–H groups in total. The minimum absolute atomic E-state index is 0.274. The van der Waals surface area contributed by atoms with Crippen molar-refractivity contribution in [1.82, 2.24) is 5.32 Å². The third kappa shape index (κ3) is 2.89. The van der Waals surface area contributed by atoms with Crippen LogP contribution < -0.4 is 10.1 Å². The molecule has 1 heterocycles. The second-order valence-corrected chi connectivity index (χ2v) is 4.70. The van der Waals surface area contributed by atoms with Crippen molar-refractivity contribution in [1.29, 1.82) is 0 Å². The van der Waals surface area contributed by atoms with Crippen LogP contribution in [-0.2, 0) is 4.74 Å². The number of hydrogen-bond donors (Lipinski definition) is 1. The number of carbonyl (C=O) groups is 1. The molecule has 3 rings (SSSR count). The van der Waals surface area contributed by atoms with Gasteiger partial charge in [-0.2, -0.15) is 0 Å². The summed E-state index contributed by atoms with van der Waals surface area (Å²) in [6, 6.07) is 17.0. The number of amides is 1. The number of methoxy groups -OCH3 is 1. The lowest BCUT2D eigenvalue weighted by molar-refractivity contribution is 0.195. The minimum Gasteiger partial charge on any atom is -0.497 e. The van der Waals surface area contributed by atoms with E-state index in [4.69, 9.17) is 9.47 Å². The maximum atomic E-state index is 11.6. The average Bonchev–Trinajstić information content (AvgIpc) is 2.89. The molecular weight excluding hydrogens is 266 g/mol. The van der Waals surface area contributed by atoms with Gasteiger partial charge in [0.25, 0.3) is 0 Å². The Balaban J connectivity index is 1.92. The van der Waals surface area contributed by atoms with E-state index < -0.39 is 6.09 Å². The molecule has 0 saturated carbocycles. The van der Waals surface area contributed by atoms with Crippen molar-refractivity contribution in [2.75, 3.05) is 7.11 Å². The van der Waals surface area contributed by atoms with Crippen LogP contribution in [0, 0.1) is 0 Å². The molecule has 1 aliphatic heterocycles. The first-order chi connectivity index (χ1) is 10.3. The monoisotopic (exact) mass is 281 g/mol. The zero-order chi connectivity index (χ0) is 14.7. The van der Waals surface area contributed by atoms with Crippen molar-refractivity contribution in [3.8, 4) is 5.75 Å².